The highest BCUT2D eigenvalue weighted by molar-refractivity contribution is 5.99. The summed E-state index contributed by atoms with van der Waals surface area (Å²) in [6, 6.07) is 12.3. The number of aryl methyl sites for hydroxylation is 1. The minimum absolute atomic E-state index is 0.879. The molecule has 0 radical (unpaired) electrons. The third-order valence-electron chi connectivity index (χ3n) is 3.48. The van der Waals surface area contributed by atoms with Crippen LogP contribution in [0.25, 0.3) is 10.8 Å². The van der Waals surface area contributed by atoms with E-state index < -0.39 is 0 Å². The SMILES string of the molecule is CCCCCCc1ccc2ccccc2c1C=O. The van der Waals surface area contributed by atoms with Gasteiger partial charge in [0, 0.05) is 5.56 Å². The van der Waals surface area contributed by atoms with Gasteiger partial charge in [-0.15, -0.1) is 0 Å². The molecule has 0 fully saturated rings. The molecular weight excluding hydrogens is 220 g/mol. The fraction of sp³-hybridized carbons (Fsp3) is 0.353. The Bertz CT molecular complexity index is 528. The quantitative estimate of drug-likeness (QED) is 0.525. The van der Waals surface area contributed by atoms with Crippen LogP contribution in [0.2, 0.25) is 0 Å². The lowest BCUT2D eigenvalue weighted by atomic mass is 9.96. The van der Waals surface area contributed by atoms with Crippen LogP contribution in [0.1, 0.15) is 48.5 Å². The number of carbonyl (C=O) groups excluding carboxylic acids is 1. The predicted octanol–water partition coefficient (Wildman–Crippen LogP) is 4.78. The van der Waals surface area contributed by atoms with E-state index in [2.05, 4.69) is 25.1 Å². The van der Waals surface area contributed by atoms with Gasteiger partial charge >= 0.3 is 0 Å². The average Bonchev–Trinajstić information content (AvgIpc) is 2.43. The molecule has 0 heterocycles. The van der Waals surface area contributed by atoms with E-state index in [9.17, 15) is 4.79 Å². The summed E-state index contributed by atoms with van der Waals surface area (Å²) in [7, 11) is 0. The third-order valence-corrected chi connectivity index (χ3v) is 3.48. The number of unbranched alkanes of at least 4 members (excludes halogenated alkanes) is 3. The largest absolute Gasteiger partial charge is 0.298 e. The number of hydrogen-bond acceptors (Lipinski definition) is 1. The second-order valence-electron chi connectivity index (χ2n) is 4.79. The Hall–Kier alpha value is -1.63. The van der Waals surface area contributed by atoms with E-state index in [4.69, 9.17) is 0 Å². The fourth-order valence-corrected chi connectivity index (χ4v) is 2.44. The van der Waals surface area contributed by atoms with Gasteiger partial charge in [-0.3, -0.25) is 4.79 Å². The highest BCUT2D eigenvalue weighted by Crippen LogP contribution is 2.22. The van der Waals surface area contributed by atoms with Gasteiger partial charge in [0.2, 0.25) is 0 Å². The first-order valence-corrected chi connectivity index (χ1v) is 6.82. The molecule has 0 N–H and O–H groups in total. The molecule has 0 aliphatic carbocycles. The normalized spacial score (nSPS) is 10.7. The van der Waals surface area contributed by atoms with Crippen molar-refractivity contribution in [3.8, 4) is 0 Å². The zero-order valence-corrected chi connectivity index (χ0v) is 11.0. The molecule has 0 amide bonds. The molecule has 0 atom stereocenters. The first-order chi connectivity index (χ1) is 8.86. The van der Waals surface area contributed by atoms with Crippen LogP contribution in [0.15, 0.2) is 36.4 Å². The van der Waals surface area contributed by atoms with Gasteiger partial charge in [-0.05, 0) is 29.2 Å². The molecule has 0 spiro atoms. The van der Waals surface area contributed by atoms with E-state index >= 15 is 0 Å². The van der Waals surface area contributed by atoms with Gasteiger partial charge in [-0.25, -0.2) is 0 Å². The molecule has 0 saturated carbocycles. The Kier molecular flexibility index (Phi) is 4.52. The van der Waals surface area contributed by atoms with E-state index in [1.165, 1.54) is 31.2 Å². The van der Waals surface area contributed by atoms with E-state index in [0.717, 1.165) is 29.0 Å². The van der Waals surface area contributed by atoms with E-state index in [1.54, 1.807) is 0 Å². The van der Waals surface area contributed by atoms with Crippen molar-refractivity contribution in [1.82, 2.24) is 0 Å². The smallest absolute Gasteiger partial charge is 0.150 e. The first kappa shape index (κ1) is 12.8. The maximum absolute atomic E-state index is 11.3. The molecule has 0 unspecified atom stereocenters. The summed E-state index contributed by atoms with van der Waals surface area (Å²) in [6.07, 6.45) is 6.98. The molecule has 94 valence electrons. The van der Waals surface area contributed by atoms with Crippen molar-refractivity contribution >= 4 is 17.1 Å². The first-order valence-electron chi connectivity index (χ1n) is 6.82. The second-order valence-corrected chi connectivity index (χ2v) is 4.79. The van der Waals surface area contributed by atoms with E-state index in [-0.39, 0.29) is 0 Å². The second kappa shape index (κ2) is 6.34. The van der Waals surface area contributed by atoms with Crippen LogP contribution < -0.4 is 0 Å². The lowest BCUT2D eigenvalue weighted by Gasteiger charge is -2.08. The minimum atomic E-state index is 0.879. The van der Waals surface area contributed by atoms with Gasteiger partial charge in [-0.1, -0.05) is 62.6 Å². The Morgan fingerprint density at radius 3 is 2.61 bits per heavy atom. The number of benzene rings is 2. The Balaban J connectivity index is 2.24. The lowest BCUT2D eigenvalue weighted by molar-refractivity contribution is 0.112. The van der Waals surface area contributed by atoms with Crippen molar-refractivity contribution in [1.29, 1.82) is 0 Å². The van der Waals surface area contributed by atoms with Crippen molar-refractivity contribution in [3.05, 3.63) is 47.5 Å². The highest BCUT2D eigenvalue weighted by atomic mass is 16.1. The molecule has 0 bridgehead atoms. The Morgan fingerprint density at radius 2 is 1.83 bits per heavy atom. The third kappa shape index (κ3) is 2.79. The topological polar surface area (TPSA) is 17.1 Å². The van der Waals surface area contributed by atoms with Crippen LogP contribution in [0.3, 0.4) is 0 Å². The van der Waals surface area contributed by atoms with Crippen molar-refractivity contribution in [2.45, 2.75) is 39.0 Å². The van der Waals surface area contributed by atoms with Crippen molar-refractivity contribution in [2.75, 3.05) is 0 Å². The molecule has 1 nitrogen and oxygen atoms in total. The molecule has 0 aromatic heterocycles. The van der Waals surface area contributed by atoms with Gasteiger partial charge in [0.15, 0.2) is 6.29 Å². The molecule has 18 heavy (non-hydrogen) atoms. The number of rotatable bonds is 6. The number of aldehydes is 1. The molecule has 1 heteroatoms. The van der Waals surface area contributed by atoms with Gasteiger partial charge in [0.1, 0.15) is 0 Å². The van der Waals surface area contributed by atoms with Crippen LogP contribution >= 0.6 is 0 Å². The zero-order chi connectivity index (χ0) is 12.8. The number of carbonyl (C=O) groups is 1. The standard InChI is InChI=1S/C17H20O/c1-2-3-4-5-8-15-12-11-14-9-6-7-10-16(14)17(15)13-18/h6-7,9-13H,2-5,8H2,1H3. The van der Waals surface area contributed by atoms with Crippen molar-refractivity contribution < 1.29 is 4.79 Å². The molecular formula is C17H20O. The summed E-state index contributed by atoms with van der Waals surface area (Å²) in [5.74, 6) is 0. The maximum Gasteiger partial charge on any atom is 0.150 e. The van der Waals surface area contributed by atoms with Gasteiger partial charge in [0.25, 0.3) is 0 Å². The minimum Gasteiger partial charge on any atom is -0.298 e. The molecule has 2 rings (SSSR count). The molecule has 2 aromatic carbocycles. The summed E-state index contributed by atoms with van der Waals surface area (Å²) in [5, 5.41) is 2.23. The summed E-state index contributed by atoms with van der Waals surface area (Å²) < 4.78 is 0. The van der Waals surface area contributed by atoms with Crippen molar-refractivity contribution in [3.63, 3.8) is 0 Å². The lowest BCUT2D eigenvalue weighted by Crippen LogP contribution is -1.95. The summed E-state index contributed by atoms with van der Waals surface area (Å²) in [6.45, 7) is 2.22. The van der Waals surface area contributed by atoms with Gasteiger partial charge in [0.05, 0.1) is 0 Å². The van der Waals surface area contributed by atoms with Crippen LogP contribution in [0.5, 0.6) is 0 Å². The van der Waals surface area contributed by atoms with Crippen molar-refractivity contribution in [2.24, 2.45) is 0 Å². The van der Waals surface area contributed by atoms with Gasteiger partial charge < -0.3 is 0 Å². The van der Waals surface area contributed by atoms with Gasteiger partial charge in [-0.2, -0.15) is 0 Å². The number of fused-ring (bicyclic) bond motifs is 1. The van der Waals surface area contributed by atoms with E-state index in [0.29, 0.717) is 0 Å². The van der Waals surface area contributed by atoms with Crippen LogP contribution in [-0.2, 0) is 6.42 Å². The monoisotopic (exact) mass is 240 g/mol. The molecule has 2 aromatic rings. The highest BCUT2D eigenvalue weighted by Gasteiger charge is 2.06. The summed E-state index contributed by atoms with van der Waals surface area (Å²) in [5.41, 5.74) is 2.07. The Morgan fingerprint density at radius 1 is 1.00 bits per heavy atom. The fourth-order valence-electron chi connectivity index (χ4n) is 2.44. The average molecular weight is 240 g/mol. The van der Waals surface area contributed by atoms with Crippen LogP contribution in [0, 0.1) is 0 Å². The van der Waals surface area contributed by atoms with Crippen LogP contribution in [0.4, 0.5) is 0 Å². The zero-order valence-electron chi connectivity index (χ0n) is 11.0. The Labute approximate surface area is 109 Å². The summed E-state index contributed by atoms with van der Waals surface area (Å²) in [4.78, 5) is 11.3. The molecule has 0 saturated heterocycles. The van der Waals surface area contributed by atoms with Crippen LogP contribution in [-0.4, -0.2) is 6.29 Å². The maximum atomic E-state index is 11.3. The number of hydrogen-bond donors (Lipinski definition) is 0. The summed E-state index contributed by atoms with van der Waals surface area (Å²) >= 11 is 0. The molecule has 0 aliphatic heterocycles. The molecule has 0 aliphatic rings. The predicted molar refractivity (Wildman–Crippen MR) is 77.2 cm³/mol. The van der Waals surface area contributed by atoms with E-state index in [1.807, 2.05) is 18.2 Å².